The van der Waals surface area contributed by atoms with Crippen LogP contribution in [-0.2, 0) is 21.4 Å². The normalized spacial score (nSPS) is 16.2. The third kappa shape index (κ3) is 4.18. The maximum atomic E-state index is 13.1. The Morgan fingerprint density at radius 3 is 2.70 bits per heavy atom. The third-order valence-electron chi connectivity index (χ3n) is 6.05. The van der Waals surface area contributed by atoms with Crippen molar-refractivity contribution in [3.8, 4) is 5.75 Å². The standard InChI is InChI=1S/C23H24N4O5S/c1-14-6-8-18(15(2)10-14)26-33(29,30)17-7-9-20-19(11-17)27(22(28)13-31-20)12-21-24-23(32-25-21)16-4-3-5-16/h6-11,16,26H,3-5,12-13H2,1-2H3. The molecule has 0 atom stereocenters. The summed E-state index contributed by atoms with van der Waals surface area (Å²) in [6.45, 7) is 3.71. The van der Waals surface area contributed by atoms with Crippen molar-refractivity contribution in [1.29, 1.82) is 0 Å². The van der Waals surface area contributed by atoms with Crippen molar-refractivity contribution in [2.45, 2.75) is 50.5 Å². The van der Waals surface area contributed by atoms with Crippen molar-refractivity contribution in [2.24, 2.45) is 0 Å². The van der Waals surface area contributed by atoms with Crippen LogP contribution in [0.1, 0.15) is 48.0 Å². The Bertz CT molecular complexity index is 1330. The van der Waals surface area contributed by atoms with Gasteiger partial charge in [0.25, 0.3) is 15.9 Å². The topological polar surface area (TPSA) is 115 Å². The minimum atomic E-state index is -3.89. The number of hydrogen-bond acceptors (Lipinski definition) is 7. The first-order valence-corrected chi connectivity index (χ1v) is 12.3. The van der Waals surface area contributed by atoms with Crippen molar-refractivity contribution >= 4 is 27.3 Å². The number of aromatic nitrogens is 2. The Morgan fingerprint density at radius 2 is 1.97 bits per heavy atom. The number of rotatable bonds is 6. The van der Waals surface area contributed by atoms with Gasteiger partial charge in [0.1, 0.15) is 5.75 Å². The van der Waals surface area contributed by atoms with Crippen LogP contribution in [0.4, 0.5) is 11.4 Å². The molecule has 9 nitrogen and oxygen atoms in total. The van der Waals surface area contributed by atoms with Crippen molar-refractivity contribution in [1.82, 2.24) is 10.1 Å². The fourth-order valence-electron chi connectivity index (χ4n) is 3.95. The van der Waals surface area contributed by atoms with Gasteiger partial charge in [0, 0.05) is 5.92 Å². The highest BCUT2D eigenvalue weighted by Crippen LogP contribution is 2.37. The Hall–Kier alpha value is -3.40. The number of ether oxygens (including phenoxy) is 1. The number of amides is 1. The molecular weight excluding hydrogens is 444 g/mol. The lowest BCUT2D eigenvalue weighted by molar-refractivity contribution is -0.121. The van der Waals surface area contributed by atoms with Crippen molar-refractivity contribution in [3.05, 3.63) is 59.2 Å². The summed E-state index contributed by atoms with van der Waals surface area (Å²) < 4.78 is 39.7. The van der Waals surface area contributed by atoms with Crippen LogP contribution in [0.15, 0.2) is 45.8 Å². The number of anilines is 2. The van der Waals surface area contributed by atoms with Gasteiger partial charge in [0.15, 0.2) is 12.4 Å². The average molecular weight is 469 g/mol. The predicted molar refractivity (Wildman–Crippen MR) is 121 cm³/mol. The number of carbonyl (C=O) groups is 1. The molecule has 1 saturated carbocycles. The lowest BCUT2D eigenvalue weighted by Crippen LogP contribution is -2.38. The van der Waals surface area contributed by atoms with Gasteiger partial charge in [-0.1, -0.05) is 29.3 Å². The smallest absolute Gasteiger partial charge is 0.265 e. The second-order valence-corrected chi connectivity index (χ2v) is 10.2. The minimum absolute atomic E-state index is 0.0211. The highest BCUT2D eigenvalue weighted by molar-refractivity contribution is 7.92. The lowest BCUT2D eigenvalue weighted by atomic mass is 9.85. The molecule has 0 unspecified atom stereocenters. The van der Waals surface area contributed by atoms with Crippen LogP contribution in [0.25, 0.3) is 0 Å². The summed E-state index contributed by atoms with van der Waals surface area (Å²) in [7, 11) is -3.89. The van der Waals surface area contributed by atoms with Gasteiger partial charge >= 0.3 is 0 Å². The minimum Gasteiger partial charge on any atom is -0.482 e. The summed E-state index contributed by atoms with van der Waals surface area (Å²) in [5, 5.41) is 4.01. The molecule has 172 valence electrons. The number of aryl methyl sites for hydroxylation is 2. The molecule has 10 heteroatoms. The van der Waals surface area contributed by atoms with Crippen LogP contribution >= 0.6 is 0 Å². The monoisotopic (exact) mass is 468 g/mol. The second kappa shape index (κ2) is 8.18. The highest BCUT2D eigenvalue weighted by Gasteiger charge is 2.31. The van der Waals surface area contributed by atoms with E-state index in [1.165, 1.54) is 17.0 Å². The molecule has 2 heterocycles. The quantitative estimate of drug-likeness (QED) is 0.587. The fourth-order valence-corrected chi connectivity index (χ4v) is 5.10. The first-order chi connectivity index (χ1) is 15.8. The number of nitrogens with one attached hydrogen (secondary N) is 1. The summed E-state index contributed by atoms with van der Waals surface area (Å²) in [4.78, 5) is 18.5. The van der Waals surface area contributed by atoms with E-state index in [-0.39, 0.29) is 29.9 Å². The van der Waals surface area contributed by atoms with Gasteiger partial charge < -0.3 is 9.26 Å². The van der Waals surface area contributed by atoms with Gasteiger partial charge in [-0.15, -0.1) is 0 Å². The molecule has 2 aliphatic rings. The van der Waals surface area contributed by atoms with E-state index in [9.17, 15) is 13.2 Å². The molecular formula is C23H24N4O5S. The summed E-state index contributed by atoms with van der Waals surface area (Å²) in [5.74, 6) is 1.36. The zero-order valence-electron chi connectivity index (χ0n) is 18.4. The van der Waals surface area contributed by atoms with Gasteiger partial charge in [-0.3, -0.25) is 14.4 Å². The molecule has 1 amide bonds. The Balaban J connectivity index is 1.43. The van der Waals surface area contributed by atoms with Gasteiger partial charge in [0.2, 0.25) is 5.89 Å². The van der Waals surface area contributed by atoms with Crippen LogP contribution in [0.2, 0.25) is 0 Å². The molecule has 5 rings (SSSR count). The zero-order chi connectivity index (χ0) is 23.2. The number of sulfonamides is 1. The molecule has 0 saturated heterocycles. The highest BCUT2D eigenvalue weighted by atomic mass is 32.2. The molecule has 1 aromatic heterocycles. The Labute approximate surface area is 191 Å². The van der Waals surface area contributed by atoms with Gasteiger partial charge in [-0.05, 0) is 56.5 Å². The molecule has 1 fully saturated rings. The molecule has 0 radical (unpaired) electrons. The molecule has 1 aliphatic carbocycles. The maximum Gasteiger partial charge on any atom is 0.265 e. The van der Waals surface area contributed by atoms with Crippen molar-refractivity contribution in [3.63, 3.8) is 0 Å². The Morgan fingerprint density at radius 1 is 1.15 bits per heavy atom. The van der Waals surface area contributed by atoms with Gasteiger partial charge in [-0.25, -0.2) is 8.42 Å². The molecule has 2 aromatic carbocycles. The van der Waals surface area contributed by atoms with E-state index in [1.807, 2.05) is 26.0 Å². The van der Waals surface area contributed by atoms with E-state index in [1.54, 1.807) is 12.1 Å². The predicted octanol–water partition coefficient (Wildman–Crippen LogP) is 3.68. The second-order valence-electron chi connectivity index (χ2n) is 8.50. The molecule has 1 aliphatic heterocycles. The van der Waals surface area contributed by atoms with Crippen molar-refractivity contribution < 1.29 is 22.5 Å². The number of carbonyl (C=O) groups excluding carboxylic acids is 1. The number of hydrogen-bond donors (Lipinski definition) is 1. The Kier molecular flexibility index (Phi) is 5.32. The van der Waals surface area contributed by atoms with Gasteiger partial charge in [0.05, 0.1) is 22.8 Å². The SMILES string of the molecule is Cc1ccc(NS(=O)(=O)c2ccc3c(c2)N(Cc2noc(C4CCC4)n2)C(=O)CO3)c(C)c1. The molecule has 0 bridgehead atoms. The van der Waals surface area contributed by atoms with E-state index in [2.05, 4.69) is 14.9 Å². The van der Waals surface area contributed by atoms with Crippen LogP contribution in [0, 0.1) is 13.8 Å². The third-order valence-corrected chi connectivity index (χ3v) is 7.41. The van der Waals surface area contributed by atoms with E-state index in [0.717, 1.165) is 30.4 Å². The average Bonchev–Trinajstić information content (AvgIpc) is 3.18. The van der Waals surface area contributed by atoms with E-state index < -0.39 is 10.0 Å². The van der Waals surface area contributed by atoms with Crippen LogP contribution < -0.4 is 14.4 Å². The first kappa shape index (κ1) is 21.4. The fraction of sp³-hybridized carbons (Fsp3) is 0.348. The number of benzene rings is 2. The zero-order valence-corrected chi connectivity index (χ0v) is 19.2. The molecule has 3 aromatic rings. The summed E-state index contributed by atoms with van der Waals surface area (Å²) in [6.07, 6.45) is 3.19. The van der Waals surface area contributed by atoms with Crippen LogP contribution in [0.3, 0.4) is 0 Å². The number of nitrogens with zero attached hydrogens (tertiary/aromatic N) is 3. The van der Waals surface area contributed by atoms with Crippen molar-refractivity contribution in [2.75, 3.05) is 16.2 Å². The van der Waals surface area contributed by atoms with E-state index >= 15 is 0 Å². The molecule has 33 heavy (non-hydrogen) atoms. The van der Waals surface area contributed by atoms with E-state index in [4.69, 9.17) is 9.26 Å². The molecule has 1 N–H and O–H groups in total. The number of fused-ring (bicyclic) bond motifs is 1. The largest absolute Gasteiger partial charge is 0.482 e. The summed E-state index contributed by atoms with van der Waals surface area (Å²) in [6, 6.07) is 9.93. The lowest BCUT2D eigenvalue weighted by Gasteiger charge is -2.28. The van der Waals surface area contributed by atoms with E-state index in [0.29, 0.717) is 28.8 Å². The van der Waals surface area contributed by atoms with Gasteiger partial charge in [-0.2, -0.15) is 4.98 Å². The first-order valence-electron chi connectivity index (χ1n) is 10.8. The maximum absolute atomic E-state index is 13.1. The summed E-state index contributed by atoms with van der Waals surface area (Å²) in [5.41, 5.74) is 2.70. The van der Waals surface area contributed by atoms with Crippen LogP contribution in [0.5, 0.6) is 5.75 Å². The van der Waals surface area contributed by atoms with Crippen LogP contribution in [-0.4, -0.2) is 31.1 Å². The summed E-state index contributed by atoms with van der Waals surface area (Å²) >= 11 is 0. The molecule has 0 spiro atoms.